The molecule has 0 atom stereocenters. The quantitative estimate of drug-likeness (QED) is 0.454. The fourth-order valence-electron chi connectivity index (χ4n) is 1.16. The first-order valence-corrected chi connectivity index (χ1v) is 5.72. The molecular formula is C13H24O2. The number of hydrogen-bond acceptors (Lipinski definition) is 2. The molecule has 0 aliphatic heterocycles. The summed E-state index contributed by atoms with van der Waals surface area (Å²) in [7, 11) is 0. The topological polar surface area (TPSA) is 26.3 Å². The molecule has 0 aromatic heterocycles. The smallest absolute Gasteiger partial charge is 0.158 e. The molecule has 2 heteroatoms. The van der Waals surface area contributed by atoms with E-state index < -0.39 is 0 Å². The van der Waals surface area contributed by atoms with Crippen LogP contribution in [0.1, 0.15) is 52.9 Å². The van der Waals surface area contributed by atoms with Gasteiger partial charge in [0.05, 0.1) is 5.60 Å². The van der Waals surface area contributed by atoms with Crippen LogP contribution < -0.4 is 0 Å². The van der Waals surface area contributed by atoms with Crippen LogP contribution in [0.25, 0.3) is 0 Å². The Morgan fingerprint density at radius 2 is 1.93 bits per heavy atom. The SMILES string of the molecule is C=CCCCCCC(=O)COC(C)(C)C. The maximum atomic E-state index is 11.4. The van der Waals surface area contributed by atoms with Crippen LogP contribution in [0.3, 0.4) is 0 Å². The molecule has 0 aliphatic rings. The highest BCUT2D eigenvalue weighted by molar-refractivity contribution is 5.79. The lowest BCUT2D eigenvalue weighted by molar-refractivity contribution is -0.128. The lowest BCUT2D eigenvalue weighted by atomic mass is 10.1. The molecule has 0 fully saturated rings. The predicted octanol–water partition coefficient (Wildman–Crippen LogP) is 3.51. The van der Waals surface area contributed by atoms with Gasteiger partial charge in [-0.3, -0.25) is 4.79 Å². The second-order valence-electron chi connectivity index (χ2n) is 4.83. The van der Waals surface area contributed by atoms with Crippen LogP contribution in [0, 0.1) is 0 Å². The van der Waals surface area contributed by atoms with E-state index in [4.69, 9.17) is 4.74 Å². The zero-order chi connectivity index (χ0) is 11.7. The van der Waals surface area contributed by atoms with Gasteiger partial charge in [-0.1, -0.05) is 12.5 Å². The summed E-state index contributed by atoms with van der Waals surface area (Å²) in [6, 6.07) is 0. The van der Waals surface area contributed by atoms with Crippen LogP contribution in [-0.4, -0.2) is 18.0 Å². The van der Waals surface area contributed by atoms with E-state index in [1.165, 1.54) is 0 Å². The van der Waals surface area contributed by atoms with Crippen LogP contribution in [-0.2, 0) is 9.53 Å². The van der Waals surface area contributed by atoms with Crippen molar-refractivity contribution in [2.45, 2.75) is 58.5 Å². The molecule has 0 aliphatic carbocycles. The van der Waals surface area contributed by atoms with Gasteiger partial charge in [-0.15, -0.1) is 6.58 Å². The van der Waals surface area contributed by atoms with Gasteiger partial charge < -0.3 is 4.74 Å². The number of Topliss-reactive ketones (excluding diaryl/α,β-unsaturated/α-hetero) is 1. The van der Waals surface area contributed by atoms with Crippen molar-refractivity contribution >= 4 is 5.78 Å². The maximum absolute atomic E-state index is 11.4. The molecule has 88 valence electrons. The van der Waals surface area contributed by atoms with Gasteiger partial charge in [0.25, 0.3) is 0 Å². The molecule has 0 heterocycles. The lowest BCUT2D eigenvalue weighted by Gasteiger charge is -2.18. The number of rotatable bonds is 8. The molecule has 0 aromatic carbocycles. The van der Waals surface area contributed by atoms with E-state index in [1.807, 2.05) is 26.8 Å². The molecule has 0 rings (SSSR count). The van der Waals surface area contributed by atoms with E-state index in [1.54, 1.807) is 0 Å². The highest BCUT2D eigenvalue weighted by atomic mass is 16.5. The fourth-order valence-corrected chi connectivity index (χ4v) is 1.16. The lowest BCUT2D eigenvalue weighted by Crippen LogP contribution is -2.23. The zero-order valence-corrected chi connectivity index (χ0v) is 10.3. The summed E-state index contributed by atoms with van der Waals surface area (Å²) in [5.74, 6) is 0.212. The molecule has 0 amide bonds. The fraction of sp³-hybridized carbons (Fsp3) is 0.769. The number of allylic oxidation sites excluding steroid dienone is 1. The summed E-state index contributed by atoms with van der Waals surface area (Å²) in [6.45, 7) is 9.81. The van der Waals surface area contributed by atoms with Gasteiger partial charge in [-0.2, -0.15) is 0 Å². The van der Waals surface area contributed by atoms with Crippen LogP contribution in [0.15, 0.2) is 12.7 Å². The summed E-state index contributed by atoms with van der Waals surface area (Å²) >= 11 is 0. The molecule has 0 spiro atoms. The molecule has 0 unspecified atom stereocenters. The van der Waals surface area contributed by atoms with Crippen molar-refractivity contribution in [3.05, 3.63) is 12.7 Å². The Hall–Kier alpha value is -0.630. The molecular weight excluding hydrogens is 188 g/mol. The van der Waals surface area contributed by atoms with Crippen LogP contribution >= 0.6 is 0 Å². The second-order valence-corrected chi connectivity index (χ2v) is 4.83. The van der Waals surface area contributed by atoms with E-state index in [0.717, 1.165) is 25.7 Å². The average molecular weight is 212 g/mol. The summed E-state index contributed by atoms with van der Waals surface area (Å²) in [6.07, 6.45) is 6.83. The third kappa shape index (κ3) is 11.3. The summed E-state index contributed by atoms with van der Waals surface area (Å²) < 4.78 is 5.40. The van der Waals surface area contributed by atoms with Crippen molar-refractivity contribution < 1.29 is 9.53 Å². The van der Waals surface area contributed by atoms with Gasteiger partial charge in [0, 0.05) is 6.42 Å². The maximum Gasteiger partial charge on any atom is 0.158 e. The number of carbonyl (C=O) groups is 1. The Bertz CT molecular complexity index is 189. The van der Waals surface area contributed by atoms with E-state index in [9.17, 15) is 4.79 Å². The third-order valence-corrected chi connectivity index (χ3v) is 2.03. The Labute approximate surface area is 93.7 Å². The van der Waals surface area contributed by atoms with Crippen molar-refractivity contribution in [2.75, 3.05) is 6.61 Å². The van der Waals surface area contributed by atoms with Gasteiger partial charge in [-0.05, 0) is 40.0 Å². The van der Waals surface area contributed by atoms with Crippen molar-refractivity contribution in [1.29, 1.82) is 0 Å². The summed E-state index contributed by atoms with van der Waals surface area (Å²) in [5, 5.41) is 0. The third-order valence-electron chi connectivity index (χ3n) is 2.03. The van der Waals surface area contributed by atoms with E-state index in [0.29, 0.717) is 6.42 Å². The average Bonchev–Trinajstić information content (AvgIpc) is 2.13. The van der Waals surface area contributed by atoms with Crippen molar-refractivity contribution in [1.82, 2.24) is 0 Å². The molecule has 0 N–H and O–H groups in total. The van der Waals surface area contributed by atoms with Gasteiger partial charge in [0.15, 0.2) is 5.78 Å². The van der Waals surface area contributed by atoms with E-state index >= 15 is 0 Å². The first-order valence-electron chi connectivity index (χ1n) is 5.72. The Kier molecular flexibility index (Phi) is 7.31. The molecule has 0 aromatic rings. The molecule has 0 saturated carbocycles. The Balaban J connectivity index is 3.38. The number of unbranched alkanes of at least 4 members (excludes halogenated alkanes) is 3. The number of ketones is 1. The normalized spacial score (nSPS) is 11.4. The summed E-state index contributed by atoms with van der Waals surface area (Å²) in [5.41, 5.74) is -0.210. The van der Waals surface area contributed by atoms with Crippen LogP contribution in [0.4, 0.5) is 0 Å². The van der Waals surface area contributed by atoms with Gasteiger partial charge in [0.2, 0.25) is 0 Å². The molecule has 0 saturated heterocycles. The summed E-state index contributed by atoms with van der Waals surface area (Å²) in [4.78, 5) is 11.4. The van der Waals surface area contributed by atoms with Gasteiger partial charge in [0.1, 0.15) is 6.61 Å². The predicted molar refractivity (Wildman–Crippen MR) is 64.0 cm³/mol. The minimum Gasteiger partial charge on any atom is -0.368 e. The minimum atomic E-state index is -0.210. The highest BCUT2D eigenvalue weighted by Crippen LogP contribution is 2.08. The van der Waals surface area contributed by atoms with Gasteiger partial charge >= 0.3 is 0 Å². The highest BCUT2D eigenvalue weighted by Gasteiger charge is 2.12. The molecule has 2 nitrogen and oxygen atoms in total. The van der Waals surface area contributed by atoms with Crippen LogP contribution in [0.2, 0.25) is 0 Å². The van der Waals surface area contributed by atoms with Crippen molar-refractivity contribution in [2.24, 2.45) is 0 Å². The van der Waals surface area contributed by atoms with Crippen molar-refractivity contribution in [3.63, 3.8) is 0 Å². The standard InChI is InChI=1S/C13H24O2/c1-5-6-7-8-9-10-12(14)11-15-13(2,3)4/h5H,1,6-11H2,2-4H3. The number of ether oxygens (including phenoxy) is 1. The largest absolute Gasteiger partial charge is 0.368 e. The first kappa shape index (κ1) is 14.4. The van der Waals surface area contributed by atoms with E-state index in [-0.39, 0.29) is 18.0 Å². The number of hydrogen-bond donors (Lipinski definition) is 0. The monoisotopic (exact) mass is 212 g/mol. The first-order chi connectivity index (χ1) is 6.95. The Morgan fingerprint density at radius 1 is 1.27 bits per heavy atom. The van der Waals surface area contributed by atoms with E-state index in [2.05, 4.69) is 6.58 Å². The number of carbonyl (C=O) groups excluding carboxylic acids is 1. The molecule has 15 heavy (non-hydrogen) atoms. The zero-order valence-electron chi connectivity index (χ0n) is 10.3. The molecule has 0 bridgehead atoms. The van der Waals surface area contributed by atoms with Crippen LogP contribution in [0.5, 0.6) is 0 Å². The molecule has 0 radical (unpaired) electrons. The van der Waals surface area contributed by atoms with Gasteiger partial charge in [-0.25, -0.2) is 0 Å². The second kappa shape index (κ2) is 7.63. The minimum absolute atomic E-state index is 0.210. The Morgan fingerprint density at radius 3 is 2.47 bits per heavy atom. The van der Waals surface area contributed by atoms with Crippen molar-refractivity contribution in [3.8, 4) is 0 Å².